The maximum absolute atomic E-state index is 11.7. The molecular weight excluding hydrogens is 235 g/mol. The fourth-order valence-corrected chi connectivity index (χ4v) is 2.79. The fraction of sp³-hybridized carbons (Fsp3) is 1.00. The first-order valence-corrected chi connectivity index (χ1v) is 6.04. The maximum Gasteiger partial charge on any atom is 0.389 e. The lowest BCUT2D eigenvalue weighted by molar-refractivity contribution is -0.134. The molecule has 1 fully saturated rings. The molecule has 0 spiro atoms. The summed E-state index contributed by atoms with van der Waals surface area (Å²) in [5, 5.41) is 8.85. The van der Waals surface area contributed by atoms with Gasteiger partial charge in [-0.25, -0.2) is 8.42 Å². The number of aliphatic hydroxyl groups excluding tert-OH is 1. The molecule has 8 heteroatoms. The Morgan fingerprint density at radius 2 is 1.87 bits per heavy atom. The molecule has 0 aromatic heterocycles. The SMILES string of the molecule is O=S(=O)(CCCC(F)(F)F)N1CC(O)C1. The standard InChI is InChI=1S/C7H12F3NO3S/c8-7(9,10)2-1-3-15(13,14)11-4-6(12)5-11/h6,12H,1-5H2. The number of aliphatic hydroxyl groups is 1. The van der Waals surface area contributed by atoms with E-state index in [0.29, 0.717) is 0 Å². The van der Waals surface area contributed by atoms with Gasteiger partial charge in [0.05, 0.1) is 11.9 Å². The maximum atomic E-state index is 11.7. The Labute approximate surface area is 85.7 Å². The molecule has 0 bridgehead atoms. The van der Waals surface area contributed by atoms with Crippen LogP contribution < -0.4 is 0 Å². The molecule has 90 valence electrons. The van der Waals surface area contributed by atoms with E-state index in [-0.39, 0.29) is 13.1 Å². The van der Waals surface area contributed by atoms with Crippen molar-refractivity contribution in [2.75, 3.05) is 18.8 Å². The van der Waals surface area contributed by atoms with Crippen LogP contribution in [0.4, 0.5) is 13.2 Å². The zero-order valence-electron chi connectivity index (χ0n) is 7.87. The lowest BCUT2D eigenvalue weighted by Crippen LogP contribution is -2.54. The van der Waals surface area contributed by atoms with Gasteiger partial charge in [0.15, 0.2) is 0 Å². The molecule has 0 aliphatic carbocycles. The van der Waals surface area contributed by atoms with Crippen molar-refractivity contribution in [2.24, 2.45) is 0 Å². The van der Waals surface area contributed by atoms with E-state index in [2.05, 4.69) is 0 Å². The van der Waals surface area contributed by atoms with E-state index < -0.39 is 40.9 Å². The molecular formula is C7H12F3NO3S. The molecule has 0 radical (unpaired) electrons. The van der Waals surface area contributed by atoms with Crippen molar-refractivity contribution < 1.29 is 26.7 Å². The summed E-state index contributed by atoms with van der Waals surface area (Å²) in [6, 6.07) is 0. The number of rotatable bonds is 4. The minimum Gasteiger partial charge on any atom is -0.390 e. The second kappa shape index (κ2) is 4.26. The zero-order chi connectivity index (χ0) is 11.7. The number of alkyl halides is 3. The molecule has 1 rings (SSSR count). The fourth-order valence-electron chi connectivity index (χ4n) is 1.23. The van der Waals surface area contributed by atoms with E-state index in [4.69, 9.17) is 5.11 Å². The second-order valence-corrected chi connectivity index (χ2v) is 5.59. The lowest BCUT2D eigenvalue weighted by Gasteiger charge is -2.34. The van der Waals surface area contributed by atoms with E-state index in [1.807, 2.05) is 0 Å². The summed E-state index contributed by atoms with van der Waals surface area (Å²) in [4.78, 5) is 0. The highest BCUT2D eigenvalue weighted by Crippen LogP contribution is 2.23. The van der Waals surface area contributed by atoms with Crippen LogP contribution in [-0.2, 0) is 10.0 Å². The van der Waals surface area contributed by atoms with Gasteiger partial charge >= 0.3 is 6.18 Å². The molecule has 1 N–H and O–H groups in total. The van der Waals surface area contributed by atoms with Crippen LogP contribution in [0.5, 0.6) is 0 Å². The van der Waals surface area contributed by atoms with Crippen LogP contribution in [-0.4, -0.2) is 49.0 Å². The quantitative estimate of drug-likeness (QED) is 0.779. The van der Waals surface area contributed by atoms with Gasteiger partial charge in [0.25, 0.3) is 0 Å². The summed E-state index contributed by atoms with van der Waals surface area (Å²) in [7, 11) is -3.61. The Balaban J connectivity index is 2.32. The Morgan fingerprint density at radius 1 is 1.33 bits per heavy atom. The summed E-state index contributed by atoms with van der Waals surface area (Å²) in [6.45, 7) is -0.0112. The Kier molecular flexibility index (Phi) is 3.62. The van der Waals surface area contributed by atoms with Crippen molar-refractivity contribution >= 4 is 10.0 Å². The van der Waals surface area contributed by atoms with Gasteiger partial charge in [0.2, 0.25) is 10.0 Å². The number of nitrogens with zero attached hydrogens (tertiary/aromatic N) is 1. The molecule has 0 saturated carbocycles. The van der Waals surface area contributed by atoms with E-state index in [0.717, 1.165) is 4.31 Å². The highest BCUT2D eigenvalue weighted by molar-refractivity contribution is 7.89. The average Bonchev–Trinajstić information content (AvgIpc) is 1.95. The van der Waals surface area contributed by atoms with Gasteiger partial charge in [-0.05, 0) is 6.42 Å². The molecule has 0 unspecified atom stereocenters. The molecule has 4 nitrogen and oxygen atoms in total. The average molecular weight is 247 g/mol. The third kappa shape index (κ3) is 3.96. The summed E-state index contributed by atoms with van der Waals surface area (Å²) in [5.74, 6) is -0.515. The van der Waals surface area contributed by atoms with Gasteiger partial charge in [-0.3, -0.25) is 0 Å². The Morgan fingerprint density at radius 3 is 2.27 bits per heavy atom. The highest BCUT2D eigenvalue weighted by atomic mass is 32.2. The number of halogens is 3. The number of sulfonamides is 1. The predicted octanol–water partition coefficient (Wildman–Crippen LogP) is 0.335. The van der Waals surface area contributed by atoms with Crippen molar-refractivity contribution in [1.82, 2.24) is 4.31 Å². The third-order valence-corrected chi connectivity index (χ3v) is 3.97. The summed E-state index contributed by atoms with van der Waals surface area (Å²) >= 11 is 0. The molecule has 1 aliphatic rings. The highest BCUT2D eigenvalue weighted by Gasteiger charge is 2.35. The summed E-state index contributed by atoms with van der Waals surface area (Å²) in [5.41, 5.74) is 0. The summed E-state index contributed by atoms with van der Waals surface area (Å²) < 4.78 is 58.8. The van der Waals surface area contributed by atoms with Crippen LogP contribution in [0, 0.1) is 0 Å². The first-order valence-electron chi connectivity index (χ1n) is 4.43. The first-order chi connectivity index (χ1) is 6.71. The second-order valence-electron chi connectivity index (χ2n) is 3.51. The van der Waals surface area contributed by atoms with Gasteiger partial charge in [0, 0.05) is 19.5 Å². The van der Waals surface area contributed by atoms with Crippen molar-refractivity contribution in [3.05, 3.63) is 0 Å². The van der Waals surface area contributed by atoms with Crippen LogP contribution in [0.3, 0.4) is 0 Å². The Bertz CT molecular complexity index is 308. The van der Waals surface area contributed by atoms with E-state index in [9.17, 15) is 21.6 Å². The molecule has 15 heavy (non-hydrogen) atoms. The van der Waals surface area contributed by atoms with Crippen LogP contribution in [0.25, 0.3) is 0 Å². The number of hydrogen-bond donors (Lipinski definition) is 1. The van der Waals surface area contributed by atoms with Gasteiger partial charge in [-0.2, -0.15) is 17.5 Å². The monoisotopic (exact) mass is 247 g/mol. The van der Waals surface area contributed by atoms with E-state index in [1.165, 1.54) is 0 Å². The van der Waals surface area contributed by atoms with Gasteiger partial charge in [0.1, 0.15) is 0 Å². The summed E-state index contributed by atoms with van der Waals surface area (Å²) in [6.07, 6.45) is -6.52. The Hall–Kier alpha value is -0.340. The normalized spacial score (nSPS) is 20.3. The lowest BCUT2D eigenvalue weighted by atomic mass is 10.2. The molecule has 0 atom stereocenters. The van der Waals surface area contributed by atoms with Gasteiger partial charge < -0.3 is 5.11 Å². The first kappa shape index (κ1) is 12.7. The van der Waals surface area contributed by atoms with Crippen LogP contribution in [0.2, 0.25) is 0 Å². The largest absolute Gasteiger partial charge is 0.390 e. The topological polar surface area (TPSA) is 57.6 Å². The van der Waals surface area contributed by atoms with Crippen molar-refractivity contribution in [3.8, 4) is 0 Å². The number of β-amino-alcohol motifs (C(OH)–C–C–N with tert-alkyl or cyclic N) is 1. The van der Waals surface area contributed by atoms with E-state index >= 15 is 0 Å². The van der Waals surface area contributed by atoms with Crippen molar-refractivity contribution in [3.63, 3.8) is 0 Å². The predicted molar refractivity (Wildman–Crippen MR) is 46.7 cm³/mol. The van der Waals surface area contributed by atoms with Crippen LogP contribution in [0.15, 0.2) is 0 Å². The van der Waals surface area contributed by atoms with Crippen LogP contribution in [0.1, 0.15) is 12.8 Å². The van der Waals surface area contributed by atoms with E-state index in [1.54, 1.807) is 0 Å². The molecule has 0 aromatic rings. The smallest absolute Gasteiger partial charge is 0.389 e. The minimum atomic E-state index is -4.32. The van der Waals surface area contributed by atoms with Crippen LogP contribution >= 0.6 is 0 Å². The zero-order valence-corrected chi connectivity index (χ0v) is 8.68. The molecule has 0 aromatic carbocycles. The molecule has 1 heterocycles. The van der Waals surface area contributed by atoms with Crippen molar-refractivity contribution in [1.29, 1.82) is 0 Å². The van der Waals surface area contributed by atoms with Gasteiger partial charge in [-0.15, -0.1) is 0 Å². The molecule has 1 aliphatic heterocycles. The molecule has 0 amide bonds. The third-order valence-electron chi connectivity index (χ3n) is 2.08. The minimum absolute atomic E-state index is 0.00560. The van der Waals surface area contributed by atoms with Gasteiger partial charge in [-0.1, -0.05) is 0 Å². The number of hydrogen-bond acceptors (Lipinski definition) is 3. The van der Waals surface area contributed by atoms with Crippen molar-refractivity contribution in [2.45, 2.75) is 25.1 Å². The molecule has 1 saturated heterocycles.